The fraction of sp³-hybridized carbons (Fsp3) is 0.486. The number of aromatic nitrogens is 2. The van der Waals surface area contributed by atoms with Crippen molar-refractivity contribution in [1.29, 1.82) is 0 Å². The molecular formula is C35H41N3O13. The maximum Gasteiger partial charge on any atom is 0.514 e. The minimum absolute atomic E-state index is 0.00560. The number of nitrogens with one attached hydrogen (secondary N) is 1. The Bertz CT molecular complexity index is 1900. The molecule has 0 aliphatic carbocycles. The molecule has 1 aromatic carbocycles. The number of nitrogens with zero attached hydrogens (tertiary/aromatic N) is 2. The second-order valence-corrected chi connectivity index (χ2v) is 12.7. The van der Waals surface area contributed by atoms with Crippen LogP contribution in [0.2, 0.25) is 0 Å². The van der Waals surface area contributed by atoms with Crippen LogP contribution >= 0.6 is 0 Å². The molecule has 0 bridgehead atoms. The largest absolute Gasteiger partial charge is 0.514 e. The maximum absolute atomic E-state index is 14.0. The number of ether oxygens (including phenoxy) is 7. The van der Waals surface area contributed by atoms with Crippen LogP contribution in [0.4, 0.5) is 14.4 Å². The zero-order valence-electron chi connectivity index (χ0n) is 29.1. The van der Waals surface area contributed by atoms with Gasteiger partial charge in [-0.3, -0.25) is 4.79 Å². The standard InChI is InChI=1S/C35H41N3O13/c1-6-21-22-16-20(49-33(44)50-34(3,4)5)8-9-26(22)37-28-23(21)18-38-27(28)17-25-24(29(38)39)19-48-30(40)35(25,7-2)51-32(43)47-15-14-46-13-12-45-11-10-36-31(41)42/h8-9,16-17,36H,6-7,10-15,18-19H2,1-5H3,(H,41,42). The Kier molecular flexibility index (Phi) is 11.1. The lowest BCUT2D eigenvalue weighted by Gasteiger charge is -2.35. The zero-order valence-corrected chi connectivity index (χ0v) is 29.1. The molecule has 0 saturated heterocycles. The Hall–Kier alpha value is -5.22. The summed E-state index contributed by atoms with van der Waals surface area (Å²) >= 11 is 0. The monoisotopic (exact) mass is 711 g/mol. The highest BCUT2D eigenvalue weighted by molar-refractivity contribution is 5.90. The predicted octanol–water partition coefficient (Wildman–Crippen LogP) is 4.42. The van der Waals surface area contributed by atoms with E-state index in [2.05, 4.69) is 5.32 Å². The minimum Gasteiger partial charge on any atom is -0.465 e. The molecule has 1 unspecified atom stereocenters. The van der Waals surface area contributed by atoms with Crippen LogP contribution in [0.25, 0.3) is 22.3 Å². The number of benzene rings is 1. The van der Waals surface area contributed by atoms with E-state index in [1.165, 1.54) is 0 Å². The highest BCUT2D eigenvalue weighted by Gasteiger charge is 2.51. The summed E-state index contributed by atoms with van der Waals surface area (Å²) in [7, 11) is 0. The molecule has 0 saturated carbocycles. The van der Waals surface area contributed by atoms with Gasteiger partial charge in [-0.25, -0.2) is 24.2 Å². The number of pyridine rings is 2. The first-order chi connectivity index (χ1) is 24.3. The van der Waals surface area contributed by atoms with E-state index >= 15 is 0 Å². The summed E-state index contributed by atoms with van der Waals surface area (Å²) in [6, 6.07) is 6.71. The van der Waals surface area contributed by atoms with Crippen molar-refractivity contribution in [2.24, 2.45) is 0 Å². The Labute approximate surface area is 292 Å². The summed E-state index contributed by atoms with van der Waals surface area (Å²) in [4.78, 5) is 67.8. The van der Waals surface area contributed by atoms with Crippen molar-refractivity contribution in [2.45, 2.75) is 71.8 Å². The lowest BCUT2D eigenvalue weighted by molar-refractivity contribution is -0.175. The molecule has 16 nitrogen and oxygen atoms in total. The lowest BCUT2D eigenvalue weighted by atomic mass is 9.85. The van der Waals surface area contributed by atoms with Gasteiger partial charge in [0.15, 0.2) is 0 Å². The summed E-state index contributed by atoms with van der Waals surface area (Å²) in [5.41, 5.74) is 0.620. The van der Waals surface area contributed by atoms with E-state index in [1.807, 2.05) is 6.92 Å². The van der Waals surface area contributed by atoms with E-state index in [0.717, 1.165) is 16.5 Å². The molecule has 51 heavy (non-hydrogen) atoms. The zero-order chi connectivity index (χ0) is 36.9. The van der Waals surface area contributed by atoms with Crippen molar-refractivity contribution in [3.63, 3.8) is 0 Å². The van der Waals surface area contributed by atoms with Crippen molar-refractivity contribution in [1.82, 2.24) is 14.9 Å². The lowest BCUT2D eigenvalue weighted by Crippen LogP contribution is -2.47. The smallest absolute Gasteiger partial charge is 0.465 e. The van der Waals surface area contributed by atoms with E-state index in [0.29, 0.717) is 23.3 Å². The molecule has 0 fully saturated rings. The molecule has 1 atom stereocenters. The van der Waals surface area contributed by atoms with Crippen LogP contribution < -0.4 is 15.6 Å². The van der Waals surface area contributed by atoms with Gasteiger partial charge >= 0.3 is 24.4 Å². The van der Waals surface area contributed by atoms with Crippen molar-refractivity contribution < 1.29 is 57.4 Å². The number of fused-ring (bicyclic) bond motifs is 5. The van der Waals surface area contributed by atoms with Gasteiger partial charge in [0.05, 0.1) is 55.4 Å². The molecule has 3 aromatic rings. The number of cyclic esters (lactones) is 1. The van der Waals surface area contributed by atoms with Gasteiger partial charge in [-0.1, -0.05) is 13.8 Å². The first-order valence-electron chi connectivity index (χ1n) is 16.6. The van der Waals surface area contributed by atoms with Crippen LogP contribution in [-0.2, 0) is 58.4 Å². The van der Waals surface area contributed by atoms with E-state index in [9.17, 15) is 24.0 Å². The molecule has 4 heterocycles. The van der Waals surface area contributed by atoms with Gasteiger partial charge in [0.1, 0.15) is 24.6 Å². The van der Waals surface area contributed by atoms with Gasteiger partial charge < -0.3 is 48.1 Å². The van der Waals surface area contributed by atoms with Crippen LogP contribution in [-0.4, -0.2) is 84.2 Å². The number of rotatable bonds is 13. The normalized spacial score (nSPS) is 16.1. The van der Waals surface area contributed by atoms with Gasteiger partial charge in [0.25, 0.3) is 5.56 Å². The van der Waals surface area contributed by atoms with Gasteiger partial charge in [0.2, 0.25) is 5.60 Å². The van der Waals surface area contributed by atoms with Crippen LogP contribution in [0, 0.1) is 0 Å². The highest BCUT2D eigenvalue weighted by Crippen LogP contribution is 2.42. The second-order valence-electron chi connectivity index (χ2n) is 12.7. The minimum atomic E-state index is -1.95. The van der Waals surface area contributed by atoms with Crippen molar-refractivity contribution >= 4 is 35.3 Å². The van der Waals surface area contributed by atoms with Crippen LogP contribution in [0.1, 0.15) is 63.3 Å². The van der Waals surface area contributed by atoms with Crippen LogP contribution in [0.5, 0.6) is 5.75 Å². The number of esters is 1. The number of hydrogen-bond donors (Lipinski definition) is 2. The molecule has 0 radical (unpaired) electrons. The Morgan fingerprint density at radius 1 is 1.00 bits per heavy atom. The number of carbonyl (C=O) groups excluding carboxylic acids is 3. The predicted molar refractivity (Wildman–Crippen MR) is 179 cm³/mol. The van der Waals surface area contributed by atoms with Crippen LogP contribution in [0.15, 0.2) is 29.1 Å². The molecule has 274 valence electrons. The van der Waals surface area contributed by atoms with E-state index in [1.54, 1.807) is 56.5 Å². The van der Waals surface area contributed by atoms with E-state index in [4.69, 9.17) is 43.2 Å². The second kappa shape index (κ2) is 15.3. The summed E-state index contributed by atoms with van der Waals surface area (Å²) in [5, 5.41) is 11.5. The van der Waals surface area contributed by atoms with Gasteiger partial charge in [-0.2, -0.15) is 0 Å². The summed E-state index contributed by atoms with van der Waals surface area (Å²) in [5.74, 6) is -0.548. The molecule has 1 amide bonds. The summed E-state index contributed by atoms with van der Waals surface area (Å²) < 4.78 is 39.1. The number of carbonyl (C=O) groups is 4. The Morgan fingerprint density at radius 2 is 1.73 bits per heavy atom. The average Bonchev–Trinajstić information content (AvgIpc) is 3.43. The van der Waals surface area contributed by atoms with E-state index < -0.39 is 41.1 Å². The third kappa shape index (κ3) is 8.07. The van der Waals surface area contributed by atoms with Crippen molar-refractivity contribution in [3.8, 4) is 17.1 Å². The summed E-state index contributed by atoms with van der Waals surface area (Å²) in [6.07, 6.45) is -2.59. The first-order valence-corrected chi connectivity index (χ1v) is 16.6. The number of hydrogen-bond acceptors (Lipinski definition) is 13. The molecule has 5 rings (SSSR count). The highest BCUT2D eigenvalue weighted by atomic mass is 16.7. The molecule has 2 aliphatic rings. The topological polar surface area (TPSA) is 200 Å². The molecule has 2 aromatic heterocycles. The van der Waals surface area contributed by atoms with E-state index in [-0.39, 0.29) is 76.0 Å². The third-order valence-electron chi connectivity index (χ3n) is 8.29. The molecule has 0 spiro atoms. The maximum atomic E-state index is 14.0. The first kappa shape index (κ1) is 37.0. The van der Waals surface area contributed by atoms with Crippen LogP contribution in [0.3, 0.4) is 0 Å². The van der Waals surface area contributed by atoms with Crippen molar-refractivity contribution in [3.05, 3.63) is 56.9 Å². The van der Waals surface area contributed by atoms with Crippen molar-refractivity contribution in [2.75, 3.05) is 39.6 Å². The SMILES string of the molecule is CCc1c2c(nc3ccc(OC(=O)OC(C)(C)C)cc13)-c1cc3c(c(=O)n1C2)COC(=O)C3(CC)OC(=O)OCCOCCOCCNC(=O)O. The fourth-order valence-corrected chi connectivity index (χ4v) is 6.04. The molecule has 2 aliphatic heterocycles. The van der Waals surface area contributed by atoms with Gasteiger partial charge in [-0.15, -0.1) is 0 Å². The molecule has 16 heteroatoms. The Balaban J connectivity index is 1.35. The van der Waals surface area contributed by atoms with Gasteiger partial charge in [-0.05, 0) is 63.4 Å². The third-order valence-corrected chi connectivity index (χ3v) is 8.29. The molecule has 2 N–H and O–H groups in total. The molecular weight excluding hydrogens is 670 g/mol. The number of aryl methyl sites for hydroxylation is 1. The number of carboxylic acid groups (broad SMARTS) is 1. The Morgan fingerprint density at radius 3 is 2.41 bits per heavy atom. The quantitative estimate of drug-likeness (QED) is 0.0855. The number of amides is 1. The average molecular weight is 712 g/mol. The summed E-state index contributed by atoms with van der Waals surface area (Å²) in [6.45, 7) is 9.24. The fourth-order valence-electron chi connectivity index (χ4n) is 6.04. The van der Waals surface area contributed by atoms with Gasteiger partial charge in [0, 0.05) is 23.1 Å².